The van der Waals surface area contributed by atoms with Crippen LogP contribution in [0.3, 0.4) is 0 Å². The first kappa shape index (κ1) is 14.3. The van der Waals surface area contributed by atoms with Gasteiger partial charge in [0.05, 0.1) is 0 Å². The zero-order valence-corrected chi connectivity index (χ0v) is 12.5. The molecule has 114 valence electrons. The van der Waals surface area contributed by atoms with Gasteiger partial charge in [0.15, 0.2) is 5.82 Å². The number of hydrogen-bond acceptors (Lipinski definition) is 4. The highest BCUT2D eigenvalue weighted by Gasteiger charge is 2.46. The van der Waals surface area contributed by atoms with Gasteiger partial charge in [0.1, 0.15) is 11.8 Å². The van der Waals surface area contributed by atoms with Crippen molar-refractivity contribution in [2.75, 3.05) is 11.4 Å². The van der Waals surface area contributed by atoms with Crippen molar-refractivity contribution >= 4 is 17.8 Å². The van der Waals surface area contributed by atoms with Crippen molar-refractivity contribution in [1.82, 2.24) is 10.1 Å². The van der Waals surface area contributed by atoms with Crippen molar-refractivity contribution in [3.63, 3.8) is 0 Å². The second-order valence-electron chi connectivity index (χ2n) is 5.24. The standard InChI is InChI=1S/C16H17N3O3/c1-3-18-13(10-12-7-5-4-6-8-12)15(20)19(16(18)21)14-9-11(2)22-17-14/h4-9,13H,3,10H2,1-2H3/t13-/m0/s1. The lowest BCUT2D eigenvalue weighted by molar-refractivity contribution is -0.119. The Kier molecular flexibility index (Phi) is 3.66. The predicted molar refractivity (Wildman–Crippen MR) is 80.4 cm³/mol. The normalized spacial score (nSPS) is 18.4. The molecule has 6 nitrogen and oxygen atoms in total. The van der Waals surface area contributed by atoms with E-state index in [1.165, 1.54) is 0 Å². The van der Waals surface area contributed by atoms with Gasteiger partial charge in [-0.3, -0.25) is 4.79 Å². The molecular formula is C16H17N3O3. The summed E-state index contributed by atoms with van der Waals surface area (Å²) in [5.74, 6) is 0.552. The first-order chi connectivity index (χ1) is 10.6. The topological polar surface area (TPSA) is 66.7 Å². The lowest BCUT2D eigenvalue weighted by Gasteiger charge is -2.19. The van der Waals surface area contributed by atoms with E-state index in [4.69, 9.17) is 4.52 Å². The second kappa shape index (κ2) is 5.63. The van der Waals surface area contributed by atoms with Crippen LogP contribution in [0.25, 0.3) is 0 Å². The third-order valence-corrected chi connectivity index (χ3v) is 3.78. The zero-order valence-electron chi connectivity index (χ0n) is 12.5. The van der Waals surface area contributed by atoms with Crippen LogP contribution in [-0.2, 0) is 11.2 Å². The molecule has 1 aliphatic rings. The predicted octanol–water partition coefficient (Wildman–Crippen LogP) is 2.38. The van der Waals surface area contributed by atoms with Gasteiger partial charge in [-0.05, 0) is 19.4 Å². The van der Waals surface area contributed by atoms with Crippen LogP contribution < -0.4 is 4.90 Å². The highest BCUT2D eigenvalue weighted by molar-refractivity contribution is 6.20. The highest BCUT2D eigenvalue weighted by atomic mass is 16.5. The summed E-state index contributed by atoms with van der Waals surface area (Å²) < 4.78 is 4.98. The number of hydrogen-bond donors (Lipinski definition) is 0. The van der Waals surface area contributed by atoms with Gasteiger partial charge in [0.2, 0.25) is 0 Å². The molecule has 0 radical (unpaired) electrons. The molecule has 0 N–H and O–H groups in total. The smallest absolute Gasteiger partial charge is 0.333 e. The summed E-state index contributed by atoms with van der Waals surface area (Å²) in [6.07, 6.45) is 0.493. The average Bonchev–Trinajstić information content (AvgIpc) is 3.03. The monoisotopic (exact) mass is 299 g/mol. The Morgan fingerprint density at radius 2 is 1.95 bits per heavy atom. The molecule has 0 aliphatic carbocycles. The van der Waals surface area contributed by atoms with E-state index < -0.39 is 6.04 Å². The molecule has 1 atom stereocenters. The maximum Gasteiger partial charge on any atom is 0.333 e. The lowest BCUT2D eigenvalue weighted by Crippen LogP contribution is -2.36. The first-order valence-corrected chi connectivity index (χ1v) is 7.23. The lowest BCUT2D eigenvalue weighted by atomic mass is 10.1. The van der Waals surface area contributed by atoms with Gasteiger partial charge in [0, 0.05) is 19.0 Å². The minimum atomic E-state index is -0.503. The van der Waals surface area contributed by atoms with Crippen molar-refractivity contribution in [2.24, 2.45) is 0 Å². The Balaban J connectivity index is 1.90. The number of likely N-dealkylation sites (N-methyl/N-ethyl adjacent to an activating group) is 1. The van der Waals surface area contributed by atoms with Crippen molar-refractivity contribution in [3.05, 3.63) is 47.7 Å². The molecule has 1 saturated heterocycles. The van der Waals surface area contributed by atoms with Crippen LogP contribution in [0.15, 0.2) is 40.9 Å². The van der Waals surface area contributed by atoms with Crippen molar-refractivity contribution in [3.8, 4) is 0 Å². The van der Waals surface area contributed by atoms with Gasteiger partial charge < -0.3 is 9.42 Å². The molecule has 1 fully saturated rings. The summed E-state index contributed by atoms with van der Waals surface area (Å²) >= 11 is 0. The van der Waals surface area contributed by atoms with Crippen LogP contribution in [0.2, 0.25) is 0 Å². The van der Waals surface area contributed by atoms with Crippen molar-refractivity contribution in [2.45, 2.75) is 26.3 Å². The molecule has 0 saturated carbocycles. The van der Waals surface area contributed by atoms with E-state index in [9.17, 15) is 9.59 Å². The molecule has 3 amide bonds. The molecule has 0 spiro atoms. The van der Waals surface area contributed by atoms with Gasteiger partial charge in [-0.25, -0.2) is 9.69 Å². The number of imide groups is 1. The summed E-state index contributed by atoms with van der Waals surface area (Å²) in [6.45, 7) is 4.05. The number of carbonyl (C=O) groups excluding carboxylic acids is 2. The van der Waals surface area contributed by atoms with E-state index in [-0.39, 0.29) is 17.8 Å². The largest absolute Gasteiger partial charge is 0.360 e. The van der Waals surface area contributed by atoms with Crippen molar-refractivity contribution in [1.29, 1.82) is 0 Å². The Bertz CT molecular complexity index is 696. The SMILES string of the molecule is CCN1C(=O)N(c2cc(C)on2)C(=O)[C@@H]1Cc1ccccc1. The van der Waals surface area contributed by atoms with E-state index in [1.54, 1.807) is 17.9 Å². The van der Waals surface area contributed by atoms with Gasteiger partial charge in [-0.1, -0.05) is 35.5 Å². The van der Waals surface area contributed by atoms with E-state index in [0.29, 0.717) is 18.7 Å². The number of amides is 3. The Morgan fingerprint density at radius 3 is 2.55 bits per heavy atom. The van der Waals surface area contributed by atoms with E-state index >= 15 is 0 Å². The van der Waals surface area contributed by atoms with Gasteiger partial charge >= 0.3 is 6.03 Å². The van der Waals surface area contributed by atoms with E-state index in [2.05, 4.69) is 5.16 Å². The first-order valence-electron chi connectivity index (χ1n) is 7.23. The van der Waals surface area contributed by atoms with Crippen LogP contribution >= 0.6 is 0 Å². The maximum atomic E-state index is 12.7. The molecule has 1 aromatic carbocycles. The van der Waals surface area contributed by atoms with Gasteiger partial charge in [-0.2, -0.15) is 0 Å². The highest BCUT2D eigenvalue weighted by Crippen LogP contribution is 2.26. The molecule has 22 heavy (non-hydrogen) atoms. The summed E-state index contributed by atoms with van der Waals surface area (Å²) in [6, 6.07) is 10.4. The van der Waals surface area contributed by atoms with Gasteiger partial charge in [-0.15, -0.1) is 0 Å². The maximum absolute atomic E-state index is 12.7. The van der Waals surface area contributed by atoms with Crippen LogP contribution in [0.1, 0.15) is 18.2 Å². The summed E-state index contributed by atoms with van der Waals surface area (Å²) in [7, 11) is 0. The number of urea groups is 1. The number of nitrogens with zero attached hydrogens (tertiary/aromatic N) is 3. The molecule has 1 aliphatic heterocycles. The molecular weight excluding hydrogens is 282 g/mol. The molecule has 0 bridgehead atoms. The second-order valence-corrected chi connectivity index (χ2v) is 5.24. The van der Waals surface area contributed by atoms with Gasteiger partial charge in [0.25, 0.3) is 5.91 Å². The molecule has 2 heterocycles. The van der Waals surface area contributed by atoms with Crippen molar-refractivity contribution < 1.29 is 14.1 Å². The number of rotatable bonds is 4. The number of aromatic nitrogens is 1. The molecule has 6 heteroatoms. The Morgan fingerprint density at radius 1 is 1.23 bits per heavy atom. The number of benzene rings is 1. The van der Waals surface area contributed by atoms with E-state index in [0.717, 1.165) is 10.5 Å². The zero-order chi connectivity index (χ0) is 15.7. The number of carbonyl (C=O) groups is 2. The molecule has 0 unspecified atom stereocenters. The fraction of sp³-hybridized carbons (Fsp3) is 0.312. The number of anilines is 1. The molecule has 3 rings (SSSR count). The van der Waals surface area contributed by atoms with Crippen LogP contribution in [0.5, 0.6) is 0 Å². The summed E-state index contributed by atoms with van der Waals surface area (Å²) in [5, 5.41) is 3.79. The minimum Gasteiger partial charge on any atom is -0.360 e. The minimum absolute atomic E-state index is 0.251. The van der Waals surface area contributed by atoms with Crippen LogP contribution in [-0.4, -0.2) is 34.6 Å². The fourth-order valence-electron chi connectivity index (χ4n) is 2.70. The summed E-state index contributed by atoms with van der Waals surface area (Å²) in [5.41, 5.74) is 1.02. The Hall–Kier alpha value is -2.63. The molecule has 1 aromatic heterocycles. The third-order valence-electron chi connectivity index (χ3n) is 3.78. The third kappa shape index (κ3) is 2.36. The fourth-order valence-corrected chi connectivity index (χ4v) is 2.70. The van der Waals surface area contributed by atoms with Crippen LogP contribution in [0.4, 0.5) is 10.6 Å². The van der Waals surface area contributed by atoms with Crippen LogP contribution in [0, 0.1) is 6.92 Å². The Labute approximate surface area is 128 Å². The number of aryl methyl sites for hydroxylation is 1. The van der Waals surface area contributed by atoms with E-state index in [1.807, 2.05) is 37.3 Å². The summed E-state index contributed by atoms with van der Waals surface area (Å²) in [4.78, 5) is 27.9. The average molecular weight is 299 g/mol. The molecule has 2 aromatic rings. The quantitative estimate of drug-likeness (QED) is 0.813.